The third-order valence-corrected chi connectivity index (χ3v) is 6.41. The molecule has 0 unspecified atom stereocenters. The molecule has 0 atom stereocenters. The van der Waals surface area contributed by atoms with Gasteiger partial charge in [0, 0.05) is 5.56 Å². The second kappa shape index (κ2) is 7.17. The standard InChI is InChI=1S/C29H24Si/c1-30(2,3)19-18-26-24-12-6-8-14-27(24)29(28-15-9-7-13-25(26)28)23-17-16-21-10-4-5-11-22(21)20-23/h4-17,20H,1-3H3. The third-order valence-electron chi connectivity index (χ3n) is 5.53. The van der Waals surface area contributed by atoms with Gasteiger partial charge in [-0.25, -0.2) is 0 Å². The van der Waals surface area contributed by atoms with Crippen LogP contribution >= 0.6 is 0 Å². The van der Waals surface area contributed by atoms with Crippen molar-refractivity contribution in [3.8, 4) is 22.6 Å². The molecule has 1 heteroatoms. The van der Waals surface area contributed by atoms with Crippen molar-refractivity contribution < 1.29 is 0 Å². The van der Waals surface area contributed by atoms with E-state index in [0.29, 0.717) is 0 Å². The maximum atomic E-state index is 3.59. The van der Waals surface area contributed by atoms with Crippen LogP contribution in [0, 0.1) is 11.5 Å². The van der Waals surface area contributed by atoms with Crippen LogP contribution in [0.1, 0.15) is 5.56 Å². The maximum absolute atomic E-state index is 3.59. The highest BCUT2D eigenvalue weighted by Gasteiger charge is 2.15. The van der Waals surface area contributed by atoms with Crippen LogP contribution in [0.5, 0.6) is 0 Å². The van der Waals surface area contributed by atoms with Crippen molar-refractivity contribution in [3.05, 3.63) is 96.6 Å². The first kappa shape index (κ1) is 18.7. The SMILES string of the molecule is C[Si](C)(C)C#Cc1c2ccccc2c(-c2ccc3ccccc3c2)c2ccccc12. The first-order valence-electron chi connectivity index (χ1n) is 10.5. The van der Waals surface area contributed by atoms with E-state index in [1.807, 2.05) is 0 Å². The molecule has 5 rings (SSSR count). The monoisotopic (exact) mass is 400 g/mol. The van der Waals surface area contributed by atoms with Gasteiger partial charge in [-0.3, -0.25) is 0 Å². The van der Waals surface area contributed by atoms with Crippen LogP contribution < -0.4 is 0 Å². The van der Waals surface area contributed by atoms with Crippen LogP contribution in [0.15, 0.2) is 91.0 Å². The number of benzene rings is 5. The van der Waals surface area contributed by atoms with Crippen molar-refractivity contribution >= 4 is 40.4 Å². The number of rotatable bonds is 1. The topological polar surface area (TPSA) is 0 Å². The first-order chi connectivity index (χ1) is 14.5. The fourth-order valence-corrected chi connectivity index (χ4v) is 4.67. The zero-order valence-corrected chi connectivity index (χ0v) is 18.7. The van der Waals surface area contributed by atoms with Gasteiger partial charge in [0.1, 0.15) is 8.07 Å². The minimum atomic E-state index is -1.48. The van der Waals surface area contributed by atoms with E-state index in [1.165, 1.54) is 43.4 Å². The molecule has 0 amide bonds. The van der Waals surface area contributed by atoms with E-state index in [1.54, 1.807) is 0 Å². The molecule has 0 fully saturated rings. The van der Waals surface area contributed by atoms with E-state index in [0.717, 1.165) is 5.56 Å². The summed E-state index contributed by atoms with van der Waals surface area (Å²) in [7, 11) is -1.48. The Balaban J connectivity index is 1.91. The van der Waals surface area contributed by atoms with Crippen LogP contribution in [-0.2, 0) is 0 Å². The predicted molar refractivity (Wildman–Crippen MR) is 135 cm³/mol. The summed E-state index contributed by atoms with van der Waals surface area (Å²) in [5, 5.41) is 7.56. The molecule has 144 valence electrons. The minimum absolute atomic E-state index is 1.16. The molecule has 30 heavy (non-hydrogen) atoms. The van der Waals surface area contributed by atoms with E-state index in [-0.39, 0.29) is 0 Å². The van der Waals surface area contributed by atoms with E-state index < -0.39 is 8.07 Å². The molecule has 0 aliphatic rings. The maximum Gasteiger partial charge on any atom is 0.129 e. The summed E-state index contributed by atoms with van der Waals surface area (Å²) in [4.78, 5) is 0. The van der Waals surface area contributed by atoms with Crippen molar-refractivity contribution in [2.75, 3.05) is 0 Å². The molecule has 0 spiro atoms. The summed E-state index contributed by atoms with van der Waals surface area (Å²) in [6, 6.07) is 32.8. The lowest BCUT2D eigenvalue weighted by atomic mass is 9.88. The largest absolute Gasteiger partial charge is 0.129 e. The van der Waals surface area contributed by atoms with Crippen LogP contribution in [0.2, 0.25) is 19.6 Å². The average Bonchev–Trinajstić information content (AvgIpc) is 2.75. The van der Waals surface area contributed by atoms with Gasteiger partial charge in [-0.1, -0.05) is 110 Å². The fraction of sp³-hybridized carbons (Fsp3) is 0.103. The van der Waals surface area contributed by atoms with E-state index in [4.69, 9.17) is 0 Å². The smallest absolute Gasteiger partial charge is 0.127 e. The van der Waals surface area contributed by atoms with Gasteiger partial charge in [-0.2, -0.15) is 0 Å². The molecule has 5 aromatic rings. The summed E-state index contributed by atoms with van der Waals surface area (Å²) in [6.07, 6.45) is 0. The Kier molecular flexibility index (Phi) is 4.46. The number of hydrogen-bond donors (Lipinski definition) is 0. The Labute approximate surface area is 179 Å². The highest BCUT2D eigenvalue weighted by Crippen LogP contribution is 2.39. The number of fused-ring (bicyclic) bond motifs is 3. The zero-order chi connectivity index (χ0) is 20.7. The van der Waals surface area contributed by atoms with Gasteiger partial charge in [0.05, 0.1) is 0 Å². The molecule has 0 saturated heterocycles. The Bertz CT molecular complexity index is 1420. The highest BCUT2D eigenvalue weighted by molar-refractivity contribution is 6.83. The molecular weight excluding hydrogens is 376 g/mol. The van der Waals surface area contributed by atoms with Crippen molar-refractivity contribution in [1.82, 2.24) is 0 Å². The van der Waals surface area contributed by atoms with E-state index >= 15 is 0 Å². The van der Waals surface area contributed by atoms with Gasteiger partial charge in [0.25, 0.3) is 0 Å². The Morgan fingerprint density at radius 1 is 0.567 bits per heavy atom. The number of hydrogen-bond acceptors (Lipinski definition) is 0. The lowest BCUT2D eigenvalue weighted by Gasteiger charge is -2.15. The quantitative estimate of drug-likeness (QED) is 0.152. The first-order valence-corrected chi connectivity index (χ1v) is 14.0. The van der Waals surface area contributed by atoms with Gasteiger partial charge in [-0.15, -0.1) is 5.54 Å². The van der Waals surface area contributed by atoms with Crippen molar-refractivity contribution in [1.29, 1.82) is 0 Å². The van der Waals surface area contributed by atoms with Gasteiger partial charge in [-0.05, 0) is 49.5 Å². The van der Waals surface area contributed by atoms with Crippen molar-refractivity contribution in [3.63, 3.8) is 0 Å². The highest BCUT2D eigenvalue weighted by atomic mass is 28.3. The lowest BCUT2D eigenvalue weighted by molar-refractivity contribution is 1.69. The minimum Gasteiger partial charge on any atom is -0.127 e. The Morgan fingerprint density at radius 3 is 1.70 bits per heavy atom. The third kappa shape index (κ3) is 3.30. The molecular formula is C29H24Si. The predicted octanol–water partition coefficient (Wildman–Crippen LogP) is 8.04. The second-order valence-corrected chi connectivity index (χ2v) is 13.7. The van der Waals surface area contributed by atoms with Gasteiger partial charge in [0.2, 0.25) is 0 Å². The summed E-state index contributed by atoms with van der Waals surface area (Å²) in [6.45, 7) is 6.90. The molecule has 5 aromatic carbocycles. The van der Waals surface area contributed by atoms with Crippen LogP contribution in [0.3, 0.4) is 0 Å². The summed E-state index contributed by atoms with van der Waals surface area (Å²) in [5.41, 5.74) is 7.31. The summed E-state index contributed by atoms with van der Waals surface area (Å²) < 4.78 is 0. The molecule has 0 radical (unpaired) electrons. The lowest BCUT2D eigenvalue weighted by Crippen LogP contribution is -2.16. The molecule has 0 bridgehead atoms. The van der Waals surface area contributed by atoms with E-state index in [2.05, 4.69) is 122 Å². The Morgan fingerprint density at radius 2 is 1.10 bits per heavy atom. The molecule has 0 saturated carbocycles. The van der Waals surface area contributed by atoms with Crippen molar-refractivity contribution in [2.24, 2.45) is 0 Å². The van der Waals surface area contributed by atoms with Crippen LogP contribution in [0.25, 0.3) is 43.4 Å². The summed E-state index contributed by atoms with van der Waals surface area (Å²) >= 11 is 0. The zero-order valence-electron chi connectivity index (χ0n) is 17.7. The second-order valence-electron chi connectivity index (χ2n) is 8.90. The fourth-order valence-electron chi connectivity index (χ4n) is 4.17. The molecule has 0 aliphatic carbocycles. The van der Waals surface area contributed by atoms with Crippen LogP contribution in [0.4, 0.5) is 0 Å². The van der Waals surface area contributed by atoms with Crippen molar-refractivity contribution in [2.45, 2.75) is 19.6 Å². The summed E-state index contributed by atoms with van der Waals surface area (Å²) in [5.74, 6) is 3.59. The van der Waals surface area contributed by atoms with Crippen LogP contribution in [-0.4, -0.2) is 8.07 Å². The normalized spacial score (nSPS) is 11.6. The molecule has 0 N–H and O–H groups in total. The molecule has 0 aliphatic heterocycles. The average molecular weight is 401 g/mol. The van der Waals surface area contributed by atoms with Gasteiger partial charge >= 0.3 is 0 Å². The van der Waals surface area contributed by atoms with E-state index in [9.17, 15) is 0 Å². The molecule has 0 aromatic heterocycles. The van der Waals surface area contributed by atoms with Gasteiger partial charge < -0.3 is 0 Å². The van der Waals surface area contributed by atoms with Gasteiger partial charge in [0.15, 0.2) is 0 Å². The molecule has 0 nitrogen and oxygen atoms in total. The molecule has 0 heterocycles. The Hall–Kier alpha value is -3.34.